The van der Waals surface area contributed by atoms with Gasteiger partial charge < -0.3 is 10.2 Å². The lowest BCUT2D eigenvalue weighted by molar-refractivity contribution is -0.679. The molecular weight excluding hydrogens is 230 g/mol. The van der Waals surface area contributed by atoms with Gasteiger partial charge in [0, 0.05) is 6.07 Å². The fourth-order valence-corrected chi connectivity index (χ4v) is 1.85. The Morgan fingerprint density at radius 2 is 1.89 bits per heavy atom. The summed E-state index contributed by atoms with van der Waals surface area (Å²) >= 11 is 0. The van der Waals surface area contributed by atoms with Crippen LogP contribution in [-0.2, 0) is 13.5 Å². The van der Waals surface area contributed by atoms with Gasteiger partial charge in [0.25, 0.3) is 0 Å². The topological polar surface area (TPSA) is 61.4 Å². The molecule has 18 heavy (non-hydrogen) atoms. The number of nitrogens with zero attached hydrogens (tertiary/aromatic N) is 1. The minimum Gasteiger partial charge on any atom is -0.502 e. The molecule has 0 spiro atoms. The Kier molecular flexibility index (Phi) is 3.28. The number of benzene rings is 1. The first-order valence-electron chi connectivity index (χ1n) is 5.57. The van der Waals surface area contributed by atoms with Crippen molar-refractivity contribution < 1.29 is 19.6 Å². The predicted octanol–water partition coefficient (Wildman–Crippen LogP) is 1.51. The number of rotatable bonds is 3. The lowest BCUT2D eigenvalue weighted by Gasteiger charge is -2.05. The van der Waals surface area contributed by atoms with Crippen molar-refractivity contribution >= 4 is 5.97 Å². The zero-order valence-corrected chi connectivity index (χ0v) is 10.00. The van der Waals surface area contributed by atoms with Gasteiger partial charge in [-0.15, -0.1) is 0 Å². The molecule has 4 heteroatoms. The summed E-state index contributed by atoms with van der Waals surface area (Å²) in [6.07, 6.45) is 2.13. The summed E-state index contributed by atoms with van der Waals surface area (Å²) in [5.41, 5.74) is 1.53. The number of hydrogen-bond donors (Lipinski definition) is 2. The van der Waals surface area contributed by atoms with E-state index >= 15 is 0 Å². The van der Waals surface area contributed by atoms with E-state index in [9.17, 15) is 9.90 Å². The van der Waals surface area contributed by atoms with Crippen LogP contribution < -0.4 is 4.57 Å². The van der Waals surface area contributed by atoms with E-state index in [1.165, 1.54) is 6.07 Å². The Hall–Kier alpha value is -2.36. The quantitative estimate of drug-likeness (QED) is 0.804. The van der Waals surface area contributed by atoms with Crippen molar-refractivity contribution in [1.82, 2.24) is 0 Å². The summed E-state index contributed by atoms with van der Waals surface area (Å²) < 4.78 is 1.73. The smallest absolute Gasteiger partial charge is 0.339 e. The van der Waals surface area contributed by atoms with E-state index in [1.54, 1.807) is 17.8 Å². The fraction of sp³-hybridized carbons (Fsp3) is 0.143. The van der Waals surface area contributed by atoms with Crippen LogP contribution >= 0.6 is 0 Å². The number of aromatic carboxylic acids is 1. The molecule has 2 N–H and O–H groups in total. The predicted molar refractivity (Wildman–Crippen MR) is 65.5 cm³/mol. The molecule has 2 rings (SSSR count). The van der Waals surface area contributed by atoms with E-state index in [1.807, 2.05) is 30.3 Å². The highest BCUT2D eigenvalue weighted by Crippen LogP contribution is 2.21. The highest BCUT2D eigenvalue weighted by Gasteiger charge is 2.21. The number of hydrogen-bond acceptors (Lipinski definition) is 2. The maximum Gasteiger partial charge on any atom is 0.339 e. The third-order valence-electron chi connectivity index (χ3n) is 2.86. The highest BCUT2D eigenvalue weighted by molar-refractivity contribution is 5.90. The molecule has 0 saturated heterocycles. The summed E-state index contributed by atoms with van der Waals surface area (Å²) in [5.74, 6) is -1.29. The van der Waals surface area contributed by atoms with Gasteiger partial charge in [-0.1, -0.05) is 30.3 Å². The zero-order chi connectivity index (χ0) is 13.1. The molecule has 92 valence electrons. The molecule has 0 radical (unpaired) electrons. The van der Waals surface area contributed by atoms with E-state index < -0.39 is 5.97 Å². The molecule has 0 saturated carbocycles. The standard InChI is InChI=1S/C14H13NO3/c1-15-8-7-11(14(17)18)13(16)12(15)9-10-5-3-2-4-6-10/h2-8H,9H2,1H3,(H-,16,17,18)/p+1. The van der Waals surface area contributed by atoms with Gasteiger partial charge in [-0.3, -0.25) is 0 Å². The Morgan fingerprint density at radius 1 is 1.22 bits per heavy atom. The van der Waals surface area contributed by atoms with Crippen LogP contribution in [0.25, 0.3) is 0 Å². The van der Waals surface area contributed by atoms with E-state index in [2.05, 4.69) is 0 Å². The minimum atomic E-state index is -1.12. The van der Waals surface area contributed by atoms with Crippen molar-refractivity contribution in [2.24, 2.45) is 7.05 Å². The second-order valence-electron chi connectivity index (χ2n) is 4.10. The molecule has 0 aliphatic carbocycles. The number of carboxylic acid groups (broad SMARTS) is 1. The van der Waals surface area contributed by atoms with Crippen LogP contribution in [0.2, 0.25) is 0 Å². The van der Waals surface area contributed by atoms with Gasteiger partial charge in [0.05, 0.1) is 6.42 Å². The molecule has 1 heterocycles. The molecule has 0 bridgehead atoms. The van der Waals surface area contributed by atoms with Gasteiger partial charge in [0.1, 0.15) is 12.6 Å². The van der Waals surface area contributed by atoms with Gasteiger partial charge >= 0.3 is 5.97 Å². The van der Waals surface area contributed by atoms with Crippen molar-refractivity contribution in [3.63, 3.8) is 0 Å². The van der Waals surface area contributed by atoms with E-state index in [-0.39, 0.29) is 11.3 Å². The summed E-state index contributed by atoms with van der Waals surface area (Å²) in [6, 6.07) is 11.0. The van der Waals surface area contributed by atoms with Gasteiger partial charge in [-0.25, -0.2) is 9.36 Å². The second kappa shape index (κ2) is 4.87. The SMILES string of the molecule is C[n+]1ccc(C(=O)O)c(O)c1Cc1ccccc1. The van der Waals surface area contributed by atoms with Crippen LogP contribution in [0.5, 0.6) is 5.75 Å². The normalized spacial score (nSPS) is 10.3. The van der Waals surface area contributed by atoms with Crippen molar-refractivity contribution in [3.05, 3.63) is 59.4 Å². The number of aromatic hydroxyl groups is 1. The van der Waals surface area contributed by atoms with Crippen LogP contribution in [0.4, 0.5) is 0 Å². The van der Waals surface area contributed by atoms with Crippen molar-refractivity contribution in [2.75, 3.05) is 0 Å². The lowest BCUT2D eigenvalue weighted by atomic mass is 10.1. The summed E-state index contributed by atoms with van der Waals surface area (Å²) in [6.45, 7) is 0. The third-order valence-corrected chi connectivity index (χ3v) is 2.86. The first-order valence-corrected chi connectivity index (χ1v) is 5.57. The molecule has 0 atom stereocenters. The van der Waals surface area contributed by atoms with Gasteiger partial charge in [-0.05, 0) is 5.56 Å². The van der Waals surface area contributed by atoms with Crippen molar-refractivity contribution in [1.29, 1.82) is 0 Å². The molecule has 0 amide bonds. The Labute approximate surface area is 105 Å². The van der Waals surface area contributed by atoms with Crippen molar-refractivity contribution in [3.8, 4) is 5.75 Å². The molecule has 1 aromatic heterocycles. The summed E-state index contributed by atoms with van der Waals surface area (Å²) in [7, 11) is 1.78. The molecule has 0 aliphatic rings. The highest BCUT2D eigenvalue weighted by atomic mass is 16.4. The minimum absolute atomic E-state index is 0.0703. The average Bonchev–Trinajstić information content (AvgIpc) is 2.35. The third kappa shape index (κ3) is 2.32. The number of aryl methyl sites for hydroxylation is 1. The maximum absolute atomic E-state index is 11.0. The van der Waals surface area contributed by atoms with Crippen LogP contribution in [-0.4, -0.2) is 16.2 Å². The molecule has 2 aromatic rings. The van der Waals surface area contributed by atoms with Gasteiger partial charge in [0.15, 0.2) is 11.9 Å². The first-order chi connectivity index (χ1) is 8.59. The monoisotopic (exact) mass is 244 g/mol. The second-order valence-corrected chi connectivity index (χ2v) is 4.10. The van der Waals surface area contributed by atoms with E-state index in [4.69, 9.17) is 5.11 Å². The summed E-state index contributed by atoms with van der Waals surface area (Å²) in [5, 5.41) is 19.0. The van der Waals surface area contributed by atoms with Crippen LogP contribution in [0.15, 0.2) is 42.6 Å². The Morgan fingerprint density at radius 3 is 2.50 bits per heavy atom. The summed E-state index contributed by atoms with van der Waals surface area (Å²) in [4.78, 5) is 11.0. The molecule has 0 unspecified atom stereocenters. The molecule has 0 fully saturated rings. The lowest BCUT2D eigenvalue weighted by Crippen LogP contribution is -2.34. The van der Waals surface area contributed by atoms with E-state index in [0.717, 1.165) is 5.56 Å². The Bertz CT molecular complexity index is 579. The van der Waals surface area contributed by atoms with Crippen LogP contribution in [0, 0.1) is 0 Å². The molecular formula is C14H14NO3+. The fourth-order valence-electron chi connectivity index (χ4n) is 1.85. The number of carboxylic acids is 1. The first kappa shape index (κ1) is 12.1. The van der Waals surface area contributed by atoms with Gasteiger partial charge in [-0.2, -0.15) is 0 Å². The van der Waals surface area contributed by atoms with Crippen molar-refractivity contribution in [2.45, 2.75) is 6.42 Å². The van der Waals surface area contributed by atoms with Crippen LogP contribution in [0.1, 0.15) is 21.6 Å². The molecule has 4 nitrogen and oxygen atoms in total. The van der Waals surface area contributed by atoms with Gasteiger partial charge in [0.2, 0.25) is 5.69 Å². The maximum atomic E-state index is 11.0. The zero-order valence-electron chi connectivity index (χ0n) is 10.00. The average molecular weight is 244 g/mol. The van der Waals surface area contributed by atoms with E-state index in [0.29, 0.717) is 12.1 Å². The molecule has 1 aromatic carbocycles. The Balaban J connectivity index is 2.44. The number of carbonyl (C=O) groups is 1. The largest absolute Gasteiger partial charge is 0.502 e. The number of aromatic nitrogens is 1. The molecule has 0 aliphatic heterocycles. The number of pyridine rings is 1. The van der Waals surface area contributed by atoms with Crippen LogP contribution in [0.3, 0.4) is 0 Å².